The third-order valence-electron chi connectivity index (χ3n) is 4.44. The molecule has 1 aromatic rings. The largest absolute Gasteiger partial charge is 0.316 e. The highest BCUT2D eigenvalue weighted by Crippen LogP contribution is 2.30. The lowest BCUT2D eigenvalue weighted by atomic mass is 9.99. The van der Waals surface area contributed by atoms with Crippen molar-refractivity contribution in [2.45, 2.75) is 45.2 Å². The monoisotopic (exact) mass is 262 g/mol. The normalized spacial score (nSPS) is 24.1. The van der Waals surface area contributed by atoms with Crippen LogP contribution in [0.5, 0.6) is 0 Å². The summed E-state index contributed by atoms with van der Waals surface area (Å²) in [6.45, 7) is 6.88. The molecule has 0 spiro atoms. The molecule has 0 radical (unpaired) electrons. The lowest BCUT2D eigenvalue weighted by Crippen LogP contribution is -2.39. The van der Waals surface area contributed by atoms with Gasteiger partial charge in [-0.15, -0.1) is 0 Å². The van der Waals surface area contributed by atoms with Crippen LogP contribution >= 0.6 is 0 Å². The first-order valence-electron chi connectivity index (χ1n) is 7.66. The maximum absolute atomic E-state index is 4.47. The summed E-state index contributed by atoms with van der Waals surface area (Å²) in [5.74, 6) is 0.839. The van der Waals surface area contributed by atoms with Gasteiger partial charge < -0.3 is 5.32 Å². The van der Waals surface area contributed by atoms with Crippen LogP contribution in [-0.4, -0.2) is 40.4 Å². The van der Waals surface area contributed by atoms with Gasteiger partial charge in [-0.3, -0.25) is 9.58 Å². The second kappa shape index (κ2) is 5.63. The van der Waals surface area contributed by atoms with E-state index in [0.717, 1.165) is 18.5 Å². The van der Waals surface area contributed by atoms with Crippen LogP contribution in [0, 0.1) is 12.8 Å². The van der Waals surface area contributed by atoms with E-state index in [9.17, 15) is 0 Å². The van der Waals surface area contributed by atoms with Gasteiger partial charge in [0.15, 0.2) is 0 Å². The van der Waals surface area contributed by atoms with Crippen LogP contribution in [0.15, 0.2) is 6.20 Å². The zero-order valence-corrected chi connectivity index (χ0v) is 12.2. The molecule has 1 aromatic heterocycles. The minimum absolute atomic E-state index is 0.835. The third kappa shape index (κ3) is 3.37. The van der Waals surface area contributed by atoms with Gasteiger partial charge >= 0.3 is 0 Å². The maximum Gasteiger partial charge on any atom is 0.0638 e. The summed E-state index contributed by atoms with van der Waals surface area (Å²) >= 11 is 0. The van der Waals surface area contributed by atoms with Gasteiger partial charge in [0.1, 0.15) is 0 Å². The van der Waals surface area contributed by atoms with E-state index in [0.29, 0.717) is 0 Å². The van der Waals surface area contributed by atoms with Crippen molar-refractivity contribution >= 4 is 0 Å². The van der Waals surface area contributed by atoms with Gasteiger partial charge in [0.2, 0.25) is 0 Å². The van der Waals surface area contributed by atoms with Crippen LogP contribution in [0.1, 0.15) is 36.9 Å². The van der Waals surface area contributed by atoms with Gasteiger partial charge in [0, 0.05) is 37.9 Å². The smallest absolute Gasteiger partial charge is 0.0638 e. The van der Waals surface area contributed by atoms with E-state index in [1.807, 2.05) is 11.7 Å². The molecule has 0 aromatic carbocycles. The summed E-state index contributed by atoms with van der Waals surface area (Å²) in [6.07, 6.45) is 7.69. The van der Waals surface area contributed by atoms with Crippen molar-refractivity contribution in [2.75, 3.05) is 19.6 Å². The molecule has 1 aliphatic carbocycles. The summed E-state index contributed by atoms with van der Waals surface area (Å²) in [4.78, 5) is 2.70. The van der Waals surface area contributed by atoms with E-state index in [2.05, 4.69) is 28.4 Å². The predicted octanol–water partition coefficient (Wildman–Crippen LogP) is 1.69. The molecule has 4 heteroatoms. The minimum Gasteiger partial charge on any atom is -0.316 e. The quantitative estimate of drug-likeness (QED) is 0.876. The molecular weight excluding hydrogens is 236 g/mol. The lowest BCUT2D eigenvalue weighted by molar-refractivity contribution is 0.192. The average molecular weight is 262 g/mol. The minimum atomic E-state index is 0.835. The molecule has 1 saturated carbocycles. The van der Waals surface area contributed by atoms with Crippen molar-refractivity contribution in [1.82, 2.24) is 20.0 Å². The lowest BCUT2D eigenvalue weighted by Gasteiger charge is -2.30. The number of aromatic nitrogens is 2. The van der Waals surface area contributed by atoms with Crippen molar-refractivity contribution in [3.8, 4) is 0 Å². The van der Waals surface area contributed by atoms with E-state index in [1.165, 1.54) is 56.6 Å². The molecule has 0 bridgehead atoms. The highest BCUT2D eigenvalue weighted by Gasteiger charge is 2.31. The molecule has 3 rings (SSSR count). The van der Waals surface area contributed by atoms with Crippen LogP contribution in [0.3, 0.4) is 0 Å². The number of hydrogen-bond acceptors (Lipinski definition) is 3. The Morgan fingerprint density at radius 1 is 1.42 bits per heavy atom. The Labute approximate surface area is 116 Å². The van der Waals surface area contributed by atoms with Gasteiger partial charge in [0.25, 0.3) is 0 Å². The fourth-order valence-corrected chi connectivity index (χ4v) is 3.22. The highest BCUT2D eigenvalue weighted by atomic mass is 15.3. The number of piperidine rings is 1. The molecule has 1 N–H and O–H groups in total. The second-order valence-corrected chi connectivity index (χ2v) is 6.29. The second-order valence-electron chi connectivity index (χ2n) is 6.29. The topological polar surface area (TPSA) is 33.1 Å². The number of nitrogens with one attached hydrogen (secondary N) is 1. The predicted molar refractivity (Wildman–Crippen MR) is 77.0 cm³/mol. The van der Waals surface area contributed by atoms with Crippen LogP contribution in [0.4, 0.5) is 0 Å². The van der Waals surface area contributed by atoms with Gasteiger partial charge in [-0.25, -0.2) is 0 Å². The third-order valence-corrected chi connectivity index (χ3v) is 4.44. The Morgan fingerprint density at radius 3 is 2.84 bits per heavy atom. The standard InChI is InChI=1S/C15H26N4/c1-12-14(10-18(2)17-12)11-19(15-5-6-15)9-13-4-3-7-16-8-13/h10,13,15-16H,3-9,11H2,1-2H3. The molecule has 1 atom stereocenters. The van der Waals surface area contributed by atoms with E-state index in [4.69, 9.17) is 0 Å². The van der Waals surface area contributed by atoms with Crippen molar-refractivity contribution in [3.63, 3.8) is 0 Å². The summed E-state index contributed by atoms with van der Waals surface area (Å²) < 4.78 is 1.94. The van der Waals surface area contributed by atoms with Crippen LogP contribution in [-0.2, 0) is 13.6 Å². The number of rotatable bonds is 5. The summed E-state index contributed by atoms with van der Waals surface area (Å²) in [5, 5.41) is 8.00. The van der Waals surface area contributed by atoms with E-state index in [1.54, 1.807) is 0 Å². The summed E-state index contributed by atoms with van der Waals surface area (Å²) in [5.41, 5.74) is 2.59. The van der Waals surface area contributed by atoms with Crippen LogP contribution in [0.25, 0.3) is 0 Å². The fourth-order valence-electron chi connectivity index (χ4n) is 3.22. The Hall–Kier alpha value is -0.870. The summed E-state index contributed by atoms with van der Waals surface area (Å²) in [6, 6.07) is 0.835. The Bertz CT molecular complexity index is 416. The van der Waals surface area contributed by atoms with Crippen molar-refractivity contribution < 1.29 is 0 Å². The number of hydrogen-bond donors (Lipinski definition) is 1. The number of aryl methyl sites for hydroxylation is 2. The van der Waals surface area contributed by atoms with Gasteiger partial charge in [-0.2, -0.15) is 5.10 Å². The first-order chi connectivity index (χ1) is 9.22. The maximum atomic E-state index is 4.47. The molecule has 4 nitrogen and oxygen atoms in total. The Balaban J connectivity index is 1.62. The first-order valence-corrected chi connectivity index (χ1v) is 7.66. The first kappa shape index (κ1) is 13.1. The molecule has 1 aliphatic heterocycles. The molecular formula is C15H26N4. The van der Waals surface area contributed by atoms with E-state index < -0.39 is 0 Å². The SMILES string of the molecule is Cc1nn(C)cc1CN(CC1CCCNC1)C1CC1. The molecule has 1 unspecified atom stereocenters. The van der Waals surface area contributed by atoms with Gasteiger partial charge in [-0.1, -0.05) is 0 Å². The summed E-state index contributed by atoms with van der Waals surface area (Å²) in [7, 11) is 2.02. The van der Waals surface area contributed by atoms with E-state index >= 15 is 0 Å². The van der Waals surface area contributed by atoms with Crippen molar-refractivity contribution in [2.24, 2.45) is 13.0 Å². The Kier molecular flexibility index (Phi) is 3.89. The Morgan fingerprint density at radius 2 is 2.26 bits per heavy atom. The fraction of sp³-hybridized carbons (Fsp3) is 0.800. The molecule has 0 amide bonds. The van der Waals surface area contributed by atoms with Crippen LogP contribution < -0.4 is 5.32 Å². The highest BCUT2D eigenvalue weighted by molar-refractivity contribution is 5.15. The molecule has 2 heterocycles. The molecule has 2 aliphatic rings. The number of nitrogens with zero attached hydrogens (tertiary/aromatic N) is 3. The van der Waals surface area contributed by atoms with Gasteiger partial charge in [0.05, 0.1) is 5.69 Å². The molecule has 19 heavy (non-hydrogen) atoms. The molecule has 2 fully saturated rings. The molecule has 1 saturated heterocycles. The zero-order chi connectivity index (χ0) is 13.2. The molecule has 106 valence electrons. The van der Waals surface area contributed by atoms with Crippen LogP contribution in [0.2, 0.25) is 0 Å². The van der Waals surface area contributed by atoms with Crippen molar-refractivity contribution in [3.05, 3.63) is 17.5 Å². The van der Waals surface area contributed by atoms with E-state index in [-0.39, 0.29) is 0 Å². The average Bonchev–Trinajstić information content (AvgIpc) is 3.18. The van der Waals surface area contributed by atoms with Gasteiger partial charge in [-0.05, 0) is 51.6 Å². The van der Waals surface area contributed by atoms with Crippen molar-refractivity contribution in [1.29, 1.82) is 0 Å². The zero-order valence-electron chi connectivity index (χ0n) is 12.2.